The summed E-state index contributed by atoms with van der Waals surface area (Å²) >= 11 is 0. The van der Waals surface area contributed by atoms with Crippen LogP contribution in [0.1, 0.15) is 127 Å². The highest BCUT2D eigenvalue weighted by atomic mass is 16.5. The van der Waals surface area contributed by atoms with Crippen molar-refractivity contribution in [2.45, 2.75) is 139 Å². The Morgan fingerprint density at radius 3 is 2.27 bits per heavy atom. The van der Waals surface area contributed by atoms with Crippen LogP contribution in [0.2, 0.25) is 0 Å². The molecule has 1 aromatic heterocycles. The minimum absolute atomic E-state index is 0.00259. The zero-order valence-electron chi connectivity index (χ0n) is 35.2. The number of rotatable bonds is 9. The van der Waals surface area contributed by atoms with E-state index in [1.807, 2.05) is 18.3 Å². The maximum Gasteiger partial charge on any atom is 0.309 e. The molecule has 6 aliphatic rings. The summed E-state index contributed by atoms with van der Waals surface area (Å²) in [4.78, 5) is 48.4. The largest absolute Gasteiger partial charge is 0.481 e. The second kappa shape index (κ2) is 14.0. The van der Waals surface area contributed by atoms with Crippen molar-refractivity contribution in [3.05, 3.63) is 35.5 Å². The highest BCUT2D eigenvalue weighted by Crippen LogP contribution is 2.77. The second-order valence-electron chi connectivity index (χ2n) is 21.0. The van der Waals surface area contributed by atoms with Crippen LogP contribution >= 0.6 is 0 Å². The first-order valence-corrected chi connectivity index (χ1v) is 21.5. The lowest BCUT2D eigenvalue weighted by Crippen LogP contribution is -2.66. The van der Waals surface area contributed by atoms with E-state index in [4.69, 9.17) is 4.74 Å². The fraction of sp³-hybridized carbons (Fsp3) is 0.783. The molecule has 7 rings (SSSR count). The van der Waals surface area contributed by atoms with Crippen molar-refractivity contribution >= 4 is 23.5 Å². The van der Waals surface area contributed by atoms with Crippen LogP contribution in [0, 0.1) is 56.2 Å². The van der Waals surface area contributed by atoms with E-state index in [-0.39, 0.29) is 51.8 Å². The van der Waals surface area contributed by atoms with Crippen LogP contribution in [0.3, 0.4) is 0 Å². The number of aliphatic carboxylic acids is 1. The number of carbonyl (C=O) groups excluding carboxylic acids is 2. The number of esters is 1. The number of fused-ring (bicyclic) bond motifs is 7. The Morgan fingerprint density at radius 1 is 0.927 bits per heavy atom. The Hall–Kier alpha value is -2.78. The number of hydrogen-bond acceptors (Lipinski definition) is 8. The molecule has 304 valence electrons. The van der Waals surface area contributed by atoms with Gasteiger partial charge in [-0.25, -0.2) is 4.98 Å². The van der Waals surface area contributed by atoms with Crippen molar-refractivity contribution in [1.29, 1.82) is 0 Å². The second-order valence-corrected chi connectivity index (χ2v) is 21.0. The first-order valence-electron chi connectivity index (χ1n) is 21.5. The summed E-state index contributed by atoms with van der Waals surface area (Å²) in [5.41, 5.74) is 0.573. The molecule has 0 radical (unpaired) electrons. The molecule has 1 saturated heterocycles. The third kappa shape index (κ3) is 6.31. The van der Waals surface area contributed by atoms with E-state index in [0.29, 0.717) is 24.8 Å². The minimum Gasteiger partial charge on any atom is -0.481 e. The number of ketones is 1. The summed E-state index contributed by atoms with van der Waals surface area (Å²) in [6.07, 6.45) is 9.25. The maximum atomic E-state index is 14.2. The maximum absolute atomic E-state index is 14.2. The fourth-order valence-corrected chi connectivity index (χ4v) is 14.0. The Balaban J connectivity index is 1.12. The van der Waals surface area contributed by atoms with Crippen molar-refractivity contribution in [1.82, 2.24) is 9.88 Å². The zero-order valence-corrected chi connectivity index (χ0v) is 35.2. The number of piperazine rings is 1. The van der Waals surface area contributed by atoms with Gasteiger partial charge in [0, 0.05) is 56.2 Å². The molecule has 0 spiro atoms. The summed E-state index contributed by atoms with van der Waals surface area (Å²) in [6.45, 7) is 23.8. The van der Waals surface area contributed by atoms with Crippen molar-refractivity contribution < 1.29 is 29.3 Å². The lowest BCUT2D eigenvalue weighted by atomic mass is 9.33. The number of carboxylic acids is 1. The summed E-state index contributed by atoms with van der Waals surface area (Å²) in [5.74, 6) is 1.13. The predicted molar refractivity (Wildman–Crippen MR) is 214 cm³/mol. The third-order valence-corrected chi connectivity index (χ3v) is 17.3. The normalized spacial score (nSPS) is 38.2. The molecule has 1 aromatic rings. The van der Waals surface area contributed by atoms with E-state index in [9.17, 15) is 24.6 Å². The molecule has 9 nitrogen and oxygen atoms in total. The van der Waals surface area contributed by atoms with Crippen LogP contribution in [0.4, 0.5) is 5.82 Å². The first kappa shape index (κ1) is 40.4. The van der Waals surface area contributed by atoms with Gasteiger partial charge in [-0.15, -0.1) is 0 Å². The topological polar surface area (TPSA) is 120 Å². The molecule has 55 heavy (non-hydrogen) atoms. The van der Waals surface area contributed by atoms with Gasteiger partial charge in [-0.05, 0) is 123 Å². The third-order valence-electron chi connectivity index (χ3n) is 17.3. The molecule has 0 amide bonds. The molecule has 5 aliphatic carbocycles. The summed E-state index contributed by atoms with van der Waals surface area (Å²) < 4.78 is 6.19. The van der Waals surface area contributed by atoms with Gasteiger partial charge in [-0.3, -0.25) is 19.3 Å². The number of carboxylic acid groups (broad SMARTS) is 1. The van der Waals surface area contributed by atoms with E-state index in [2.05, 4.69) is 69.3 Å². The average molecular weight is 760 g/mol. The van der Waals surface area contributed by atoms with Gasteiger partial charge in [-0.2, -0.15) is 0 Å². The van der Waals surface area contributed by atoms with Gasteiger partial charge in [0.2, 0.25) is 0 Å². The van der Waals surface area contributed by atoms with Crippen LogP contribution in [0.5, 0.6) is 0 Å². The van der Waals surface area contributed by atoms with Crippen molar-refractivity contribution in [3.63, 3.8) is 0 Å². The molecule has 1 aliphatic heterocycles. The lowest BCUT2D eigenvalue weighted by Gasteiger charge is -2.72. The molecule has 9 heteroatoms. The molecule has 2 heterocycles. The number of pyridine rings is 1. The standard InChI is InChI=1S/C46H69N3O6/c1-29(2)38-31(50)26-46(34(51)28-48-22-24-49(25-23-48)36-12-10-11-21-47-36)20-19-44(8)30(39(38)46)13-14-33-43(7)17-16-35(55-37(52)27-41(3,4)40(53)54)42(5,6)32(43)15-18-45(33,44)9/h10-12,21,29-30,32-35,51H,13-20,22-28H2,1-9H3,(H,53,54)/t30-,32+,33?,34?,35+,43+,44-,45-,46+/m1/s1. The van der Waals surface area contributed by atoms with Crippen molar-refractivity contribution in [2.75, 3.05) is 37.6 Å². The first-order chi connectivity index (χ1) is 25.7. The Bertz CT molecular complexity index is 1700. The molecular weight excluding hydrogens is 691 g/mol. The summed E-state index contributed by atoms with van der Waals surface area (Å²) in [7, 11) is 0. The van der Waals surface area contributed by atoms with E-state index < -0.39 is 28.9 Å². The fourth-order valence-electron chi connectivity index (χ4n) is 14.0. The van der Waals surface area contributed by atoms with Crippen LogP contribution in [-0.4, -0.2) is 82.8 Å². The van der Waals surface area contributed by atoms with Crippen LogP contribution in [-0.2, 0) is 19.1 Å². The number of β-amino-alcohol motifs (C(OH)–C–C–N with tert-alkyl or cyclic N) is 1. The van der Waals surface area contributed by atoms with Crippen LogP contribution in [0.25, 0.3) is 0 Å². The smallest absolute Gasteiger partial charge is 0.309 e. The Labute approximate surface area is 330 Å². The summed E-state index contributed by atoms with van der Waals surface area (Å²) in [6, 6.07) is 6.05. The predicted octanol–water partition coefficient (Wildman–Crippen LogP) is 7.96. The van der Waals surface area contributed by atoms with Crippen molar-refractivity contribution in [2.24, 2.45) is 56.2 Å². The monoisotopic (exact) mass is 760 g/mol. The Kier molecular flexibility index (Phi) is 10.3. The number of aliphatic hydroxyl groups is 1. The number of anilines is 1. The number of nitrogens with zero attached hydrogens (tertiary/aromatic N) is 3. The molecule has 9 atom stereocenters. The van der Waals surface area contributed by atoms with Gasteiger partial charge in [-0.1, -0.05) is 60.1 Å². The number of aliphatic hydroxyl groups excluding tert-OH is 1. The van der Waals surface area contributed by atoms with Crippen LogP contribution in [0.15, 0.2) is 35.5 Å². The number of aromatic nitrogens is 1. The lowest BCUT2D eigenvalue weighted by molar-refractivity contribution is -0.235. The van der Waals surface area contributed by atoms with E-state index in [0.717, 1.165) is 88.9 Å². The van der Waals surface area contributed by atoms with Gasteiger partial charge in [0.1, 0.15) is 11.9 Å². The SMILES string of the molecule is CC(C)C1=C2[C@H]3CCC4[C@@]5(C)CC[C@H](OC(=O)CC(C)(C)C(=O)O)C(C)(C)[C@@H]5CC[C@@]4(C)[C@]3(C)CC[C@@]2(C(O)CN2CCN(c3ccccn3)CC2)CC1=O. The molecular formula is C46H69N3O6. The number of Topliss-reactive ketones (excluding diaryl/α,β-unsaturated/α-hetero) is 1. The molecule has 0 aromatic carbocycles. The highest BCUT2D eigenvalue weighted by molar-refractivity contribution is 6.00. The number of allylic oxidation sites excluding steroid dienone is 1. The van der Waals surface area contributed by atoms with Gasteiger partial charge < -0.3 is 19.8 Å². The molecule has 2 unspecified atom stereocenters. The van der Waals surface area contributed by atoms with E-state index >= 15 is 0 Å². The quantitative estimate of drug-likeness (QED) is 0.242. The number of ether oxygens (including phenoxy) is 1. The van der Waals surface area contributed by atoms with E-state index in [1.165, 1.54) is 5.57 Å². The molecule has 0 bridgehead atoms. The summed E-state index contributed by atoms with van der Waals surface area (Å²) in [5, 5.41) is 22.1. The molecule has 5 fully saturated rings. The van der Waals surface area contributed by atoms with Gasteiger partial charge in [0.25, 0.3) is 0 Å². The van der Waals surface area contributed by atoms with Gasteiger partial charge >= 0.3 is 11.9 Å². The number of hydrogen-bond donors (Lipinski definition) is 2. The molecule has 2 N–H and O–H groups in total. The Morgan fingerprint density at radius 2 is 1.64 bits per heavy atom. The van der Waals surface area contributed by atoms with Gasteiger partial charge in [0.05, 0.1) is 17.9 Å². The zero-order chi connectivity index (χ0) is 39.9. The van der Waals surface area contributed by atoms with Gasteiger partial charge in [0.15, 0.2) is 5.78 Å². The molecule has 4 saturated carbocycles. The minimum atomic E-state index is -1.16. The van der Waals surface area contributed by atoms with Crippen molar-refractivity contribution in [3.8, 4) is 0 Å². The van der Waals surface area contributed by atoms with E-state index in [1.54, 1.807) is 13.8 Å². The highest BCUT2D eigenvalue weighted by Gasteiger charge is 2.71. The average Bonchev–Trinajstić information content (AvgIpc) is 3.43. The number of carbonyl (C=O) groups is 3. The van der Waals surface area contributed by atoms with Crippen LogP contribution < -0.4 is 4.90 Å².